The number of benzene rings is 4. The number of fused-ring (bicyclic) bond motifs is 2. The number of halogens is 1. The monoisotopic (exact) mass is 514 g/mol. The highest BCUT2D eigenvalue weighted by molar-refractivity contribution is 6.30. The molecule has 5 rings (SSSR count). The van der Waals surface area contributed by atoms with E-state index >= 15 is 0 Å². The Morgan fingerprint density at radius 2 is 1.68 bits per heavy atom. The van der Waals surface area contributed by atoms with Crippen LogP contribution in [0.2, 0.25) is 5.02 Å². The molecular formula is C29H23ClN2O5. The largest absolute Gasteiger partial charge is 0.478 e. The smallest absolute Gasteiger partial charge is 0.336 e. The molecule has 0 fully saturated rings. The lowest BCUT2D eigenvalue weighted by atomic mass is 10.0. The summed E-state index contributed by atoms with van der Waals surface area (Å²) in [6.45, 7) is 0.309. The number of hydrogen-bond donors (Lipinski definition) is 3. The average Bonchev–Trinajstić information content (AvgIpc) is 3.06. The fourth-order valence-corrected chi connectivity index (χ4v) is 4.90. The molecule has 0 spiro atoms. The molecular weight excluding hydrogens is 492 g/mol. The van der Waals surface area contributed by atoms with Crippen LogP contribution in [0.1, 0.15) is 55.6 Å². The molecule has 186 valence electrons. The van der Waals surface area contributed by atoms with Crippen molar-refractivity contribution in [3.63, 3.8) is 0 Å². The molecule has 2 amide bonds. The highest BCUT2D eigenvalue weighted by Gasteiger charge is 2.29. The van der Waals surface area contributed by atoms with Crippen LogP contribution in [0, 0.1) is 0 Å². The third kappa shape index (κ3) is 4.79. The van der Waals surface area contributed by atoms with E-state index in [1.807, 2.05) is 30.3 Å². The topological polar surface area (TPSA) is 107 Å². The summed E-state index contributed by atoms with van der Waals surface area (Å²) in [7, 11) is 0. The van der Waals surface area contributed by atoms with Crippen molar-refractivity contribution in [3.05, 3.63) is 106 Å². The second-order valence-electron chi connectivity index (χ2n) is 8.86. The lowest BCUT2D eigenvalue weighted by Crippen LogP contribution is -2.33. The van der Waals surface area contributed by atoms with Gasteiger partial charge in [-0.2, -0.15) is 0 Å². The summed E-state index contributed by atoms with van der Waals surface area (Å²) >= 11 is 6.11. The maximum atomic E-state index is 13.6. The van der Waals surface area contributed by atoms with Crippen molar-refractivity contribution < 1.29 is 24.6 Å². The number of carboxylic acids is 1. The van der Waals surface area contributed by atoms with Gasteiger partial charge in [0, 0.05) is 34.1 Å². The Morgan fingerprint density at radius 1 is 0.892 bits per heavy atom. The van der Waals surface area contributed by atoms with E-state index in [0.717, 1.165) is 10.8 Å². The zero-order valence-electron chi connectivity index (χ0n) is 19.6. The minimum absolute atomic E-state index is 0.0204. The number of amides is 2. The van der Waals surface area contributed by atoms with Crippen molar-refractivity contribution in [3.8, 4) is 0 Å². The van der Waals surface area contributed by atoms with Crippen molar-refractivity contribution in [1.29, 1.82) is 0 Å². The fourth-order valence-electron chi connectivity index (χ4n) is 4.72. The van der Waals surface area contributed by atoms with Gasteiger partial charge >= 0.3 is 5.97 Å². The number of nitrogens with zero attached hydrogens (tertiary/aromatic N) is 1. The van der Waals surface area contributed by atoms with Gasteiger partial charge in [-0.25, -0.2) is 4.79 Å². The second-order valence-corrected chi connectivity index (χ2v) is 9.30. The first-order valence-electron chi connectivity index (χ1n) is 11.8. The molecule has 0 bridgehead atoms. The van der Waals surface area contributed by atoms with E-state index in [1.165, 1.54) is 23.1 Å². The van der Waals surface area contributed by atoms with Crippen LogP contribution in [0.3, 0.4) is 0 Å². The summed E-state index contributed by atoms with van der Waals surface area (Å²) in [5.74, 6) is -2.20. The number of aliphatic hydroxyl groups excluding tert-OH is 1. The van der Waals surface area contributed by atoms with Crippen molar-refractivity contribution >= 4 is 51.5 Å². The van der Waals surface area contributed by atoms with E-state index in [9.17, 15) is 24.6 Å². The zero-order valence-corrected chi connectivity index (χ0v) is 20.4. The minimum atomic E-state index is -1.30. The average molecular weight is 515 g/mol. The number of carboxylic acid groups (broad SMARTS) is 1. The van der Waals surface area contributed by atoms with E-state index in [0.29, 0.717) is 41.2 Å². The van der Waals surface area contributed by atoms with Crippen LogP contribution >= 0.6 is 11.6 Å². The van der Waals surface area contributed by atoms with Gasteiger partial charge in [-0.05, 0) is 66.1 Å². The maximum absolute atomic E-state index is 13.6. The number of hydrogen-bond acceptors (Lipinski definition) is 4. The van der Waals surface area contributed by atoms with E-state index < -0.39 is 18.0 Å². The molecule has 0 aromatic heterocycles. The predicted molar refractivity (Wildman–Crippen MR) is 143 cm³/mol. The zero-order chi connectivity index (χ0) is 26.1. The van der Waals surface area contributed by atoms with Gasteiger partial charge in [-0.1, -0.05) is 48.0 Å². The molecule has 1 aliphatic rings. The van der Waals surface area contributed by atoms with Crippen molar-refractivity contribution in [2.75, 3.05) is 16.8 Å². The summed E-state index contributed by atoms with van der Waals surface area (Å²) in [5.41, 5.74) is 1.46. The van der Waals surface area contributed by atoms with Gasteiger partial charge in [0.15, 0.2) is 0 Å². The predicted octanol–water partition coefficient (Wildman–Crippen LogP) is 5.92. The standard InChI is InChI=1S/C29H23ClN2O5/c30-18-10-13-25-24(15-18)26(33)9-4-14-32(25)28(35)22-12-11-19(16-23(22)29(36)37)31-27(34)21-8-3-6-17-5-1-2-7-20(17)21/h1-3,5-8,10-13,15-16,26,33H,4,9,14H2,(H,31,34)(H,36,37). The van der Waals surface area contributed by atoms with Crippen LogP contribution < -0.4 is 10.2 Å². The van der Waals surface area contributed by atoms with Gasteiger partial charge in [0.1, 0.15) is 0 Å². The minimum Gasteiger partial charge on any atom is -0.478 e. The fraction of sp³-hybridized carbons (Fsp3) is 0.138. The Bertz CT molecular complexity index is 1550. The molecule has 1 atom stereocenters. The van der Waals surface area contributed by atoms with Gasteiger partial charge in [0.05, 0.1) is 17.2 Å². The Morgan fingerprint density at radius 3 is 2.49 bits per heavy atom. The lowest BCUT2D eigenvalue weighted by molar-refractivity contribution is 0.0691. The van der Waals surface area contributed by atoms with Crippen LogP contribution in [-0.4, -0.2) is 34.5 Å². The number of nitrogens with one attached hydrogen (secondary N) is 1. The van der Waals surface area contributed by atoms with Crippen molar-refractivity contribution in [1.82, 2.24) is 0 Å². The molecule has 0 aliphatic carbocycles. The van der Waals surface area contributed by atoms with Gasteiger partial charge in [0.25, 0.3) is 11.8 Å². The van der Waals surface area contributed by atoms with E-state index in [-0.39, 0.29) is 22.7 Å². The van der Waals surface area contributed by atoms with Crippen LogP contribution in [-0.2, 0) is 0 Å². The number of aliphatic hydroxyl groups is 1. The summed E-state index contributed by atoms with van der Waals surface area (Å²) in [6.07, 6.45) is 0.195. The van der Waals surface area contributed by atoms with E-state index in [4.69, 9.17) is 11.6 Å². The van der Waals surface area contributed by atoms with E-state index in [1.54, 1.807) is 30.3 Å². The molecule has 37 heavy (non-hydrogen) atoms. The Hall–Kier alpha value is -4.20. The Labute approximate surface area is 217 Å². The Kier molecular flexibility index (Phi) is 6.65. The number of rotatable bonds is 4. The molecule has 0 saturated carbocycles. The summed E-state index contributed by atoms with van der Waals surface area (Å²) < 4.78 is 0. The van der Waals surface area contributed by atoms with E-state index in [2.05, 4.69) is 5.32 Å². The van der Waals surface area contributed by atoms with Crippen LogP contribution in [0.4, 0.5) is 11.4 Å². The highest BCUT2D eigenvalue weighted by Crippen LogP contribution is 2.36. The van der Waals surface area contributed by atoms with Gasteiger partial charge in [0.2, 0.25) is 0 Å². The van der Waals surface area contributed by atoms with Crippen LogP contribution in [0.5, 0.6) is 0 Å². The van der Waals surface area contributed by atoms with Gasteiger partial charge in [-0.3, -0.25) is 9.59 Å². The number of aromatic carboxylic acids is 1. The molecule has 4 aromatic carbocycles. The number of anilines is 2. The van der Waals surface area contributed by atoms with Crippen LogP contribution in [0.25, 0.3) is 10.8 Å². The number of carbonyl (C=O) groups excluding carboxylic acids is 2. The van der Waals surface area contributed by atoms with Crippen molar-refractivity contribution in [2.45, 2.75) is 18.9 Å². The first kappa shape index (κ1) is 24.5. The van der Waals surface area contributed by atoms with Crippen molar-refractivity contribution in [2.24, 2.45) is 0 Å². The maximum Gasteiger partial charge on any atom is 0.336 e. The molecule has 1 unspecified atom stereocenters. The molecule has 1 heterocycles. The third-order valence-corrected chi connectivity index (χ3v) is 6.75. The first-order chi connectivity index (χ1) is 17.8. The summed E-state index contributed by atoms with van der Waals surface area (Å²) in [4.78, 5) is 40.3. The summed E-state index contributed by atoms with van der Waals surface area (Å²) in [5, 5.41) is 25.3. The quantitative estimate of drug-likeness (QED) is 0.313. The molecule has 4 aromatic rings. The highest BCUT2D eigenvalue weighted by atomic mass is 35.5. The molecule has 3 N–H and O–H groups in total. The molecule has 0 saturated heterocycles. The molecule has 1 aliphatic heterocycles. The summed E-state index contributed by atoms with van der Waals surface area (Å²) in [6, 6.07) is 22.0. The normalized spacial score (nSPS) is 15.1. The third-order valence-electron chi connectivity index (χ3n) is 6.52. The second kappa shape index (κ2) is 10.0. The van der Waals surface area contributed by atoms with Gasteiger partial charge in [-0.15, -0.1) is 0 Å². The Balaban J connectivity index is 1.47. The molecule has 7 nitrogen and oxygen atoms in total. The molecule has 0 radical (unpaired) electrons. The molecule has 8 heteroatoms. The first-order valence-corrected chi connectivity index (χ1v) is 12.2. The SMILES string of the molecule is O=C(O)c1cc(NC(=O)c2cccc3ccccc23)ccc1C(=O)N1CCCC(O)c2cc(Cl)ccc21. The van der Waals surface area contributed by atoms with Crippen LogP contribution in [0.15, 0.2) is 78.9 Å². The lowest BCUT2D eigenvalue weighted by Gasteiger charge is -2.24. The number of carbonyl (C=O) groups is 3. The van der Waals surface area contributed by atoms with Gasteiger partial charge < -0.3 is 20.4 Å².